The van der Waals surface area contributed by atoms with E-state index in [1.165, 1.54) is 12.1 Å². The quantitative estimate of drug-likeness (QED) is 0.659. The van der Waals surface area contributed by atoms with Crippen molar-refractivity contribution in [2.75, 3.05) is 0 Å². The van der Waals surface area contributed by atoms with E-state index in [1.807, 2.05) is 6.92 Å². The van der Waals surface area contributed by atoms with Gasteiger partial charge in [-0.15, -0.1) is 11.3 Å². The Hall–Kier alpha value is -0.960. The highest BCUT2D eigenvalue weighted by Crippen LogP contribution is 2.22. The second kappa shape index (κ2) is 2.83. The largest absolute Gasteiger partial charge is 0.241 e. The molecule has 3 heteroatoms. The Balaban J connectivity index is 2.67. The van der Waals surface area contributed by atoms with Crippen LogP contribution in [0.3, 0.4) is 0 Å². The van der Waals surface area contributed by atoms with E-state index in [0.29, 0.717) is 0 Å². The van der Waals surface area contributed by atoms with Crippen LogP contribution in [0, 0.1) is 5.82 Å². The Morgan fingerprint density at radius 2 is 2.33 bits per heavy atom. The Kier molecular flexibility index (Phi) is 1.81. The number of aryl methyl sites for hydroxylation is 1. The van der Waals surface area contributed by atoms with Crippen molar-refractivity contribution in [3.05, 3.63) is 29.0 Å². The third kappa shape index (κ3) is 1.20. The first-order chi connectivity index (χ1) is 5.79. The normalized spacial score (nSPS) is 10.8. The fourth-order valence-electron chi connectivity index (χ4n) is 1.10. The fraction of sp³-hybridized carbons (Fsp3) is 0.222. The minimum atomic E-state index is -0.186. The summed E-state index contributed by atoms with van der Waals surface area (Å²) in [6.07, 6.45) is 0.918. The van der Waals surface area contributed by atoms with E-state index in [9.17, 15) is 4.39 Å². The Morgan fingerprint density at radius 3 is 3.08 bits per heavy atom. The summed E-state index contributed by atoms with van der Waals surface area (Å²) in [7, 11) is 0. The van der Waals surface area contributed by atoms with Gasteiger partial charge in [0.15, 0.2) is 0 Å². The predicted molar refractivity (Wildman–Crippen MR) is 49.0 cm³/mol. The molecule has 0 aliphatic carbocycles. The van der Waals surface area contributed by atoms with E-state index in [0.717, 1.165) is 21.6 Å². The van der Waals surface area contributed by atoms with E-state index in [4.69, 9.17) is 0 Å². The highest BCUT2D eigenvalue weighted by molar-refractivity contribution is 7.18. The SMILES string of the molecule is CCc1nc2ccc(F)cc2s1. The van der Waals surface area contributed by atoms with Crippen LogP contribution >= 0.6 is 11.3 Å². The lowest BCUT2D eigenvalue weighted by molar-refractivity contribution is 0.630. The molecule has 1 heterocycles. The van der Waals surface area contributed by atoms with Crippen molar-refractivity contribution in [1.29, 1.82) is 0 Å². The molecule has 0 saturated heterocycles. The second-order valence-electron chi connectivity index (χ2n) is 2.57. The summed E-state index contributed by atoms with van der Waals surface area (Å²) in [5.74, 6) is -0.186. The molecule has 0 unspecified atom stereocenters. The summed E-state index contributed by atoms with van der Waals surface area (Å²) in [5, 5.41) is 1.07. The van der Waals surface area contributed by atoms with Gasteiger partial charge in [-0.3, -0.25) is 0 Å². The zero-order valence-electron chi connectivity index (χ0n) is 6.67. The maximum atomic E-state index is 12.7. The summed E-state index contributed by atoms with van der Waals surface area (Å²) in [5.41, 5.74) is 0.901. The maximum absolute atomic E-state index is 12.7. The van der Waals surface area contributed by atoms with Gasteiger partial charge in [-0.1, -0.05) is 6.92 Å². The number of hydrogen-bond acceptors (Lipinski definition) is 2. The van der Waals surface area contributed by atoms with Gasteiger partial charge in [0, 0.05) is 0 Å². The number of hydrogen-bond donors (Lipinski definition) is 0. The Labute approximate surface area is 73.9 Å². The number of nitrogens with zero attached hydrogens (tertiary/aromatic N) is 1. The van der Waals surface area contributed by atoms with Gasteiger partial charge >= 0.3 is 0 Å². The van der Waals surface area contributed by atoms with Gasteiger partial charge in [-0.05, 0) is 24.6 Å². The van der Waals surface area contributed by atoms with Crippen LogP contribution < -0.4 is 0 Å². The maximum Gasteiger partial charge on any atom is 0.124 e. The number of benzene rings is 1. The average Bonchev–Trinajstić information content (AvgIpc) is 2.46. The van der Waals surface area contributed by atoms with Crippen LogP contribution in [0.2, 0.25) is 0 Å². The minimum absolute atomic E-state index is 0.186. The molecule has 0 fully saturated rings. The Morgan fingerprint density at radius 1 is 1.50 bits per heavy atom. The summed E-state index contributed by atoms with van der Waals surface area (Å²) in [6, 6.07) is 4.70. The van der Waals surface area contributed by atoms with Crippen molar-refractivity contribution in [3.63, 3.8) is 0 Å². The molecular weight excluding hydrogens is 173 g/mol. The second-order valence-corrected chi connectivity index (χ2v) is 3.69. The van der Waals surface area contributed by atoms with E-state index in [-0.39, 0.29) is 5.82 Å². The topological polar surface area (TPSA) is 12.9 Å². The summed E-state index contributed by atoms with van der Waals surface area (Å²) in [6.45, 7) is 2.05. The number of thiazole rings is 1. The standard InChI is InChI=1S/C9H8FNS/c1-2-9-11-7-4-3-6(10)5-8(7)12-9/h3-5H,2H2,1H3. The average molecular weight is 181 g/mol. The molecular formula is C9H8FNS. The monoisotopic (exact) mass is 181 g/mol. The molecule has 12 heavy (non-hydrogen) atoms. The molecule has 1 aromatic carbocycles. The fourth-order valence-corrected chi connectivity index (χ4v) is 2.03. The van der Waals surface area contributed by atoms with Crippen molar-refractivity contribution >= 4 is 21.6 Å². The van der Waals surface area contributed by atoms with Crippen LogP contribution in [-0.4, -0.2) is 4.98 Å². The van der Waals surface area contributed by atoms with Crippen LogP contribution in [0.5, 0.6) is 0 Å². The van der Waals surface area contributed by atoms with Crippen LogP contribution in [0.15, 0.2) is 18.2 Å². The van der Waals surface area contributed by atoms with Gasteiger partial charge in [0.25, 0.3) is 0 Å². The molecule has 0 amide bonds. The van der Waals surface area contributed by atoms with E-state index >= 15 is 0 Å². The molecule has 0 aliphatic heterocycles. The summed E-state index contributed by atoms with van der Waals surface area (Å²) in [4.78, 5) is 4.32. The zero-order chi connectivity index (χ0) is 8.55. The number of rotatable bonds is 1. The van der Waals surface area contributed by atoms with Crippen LogP contribution in [0.25, 0.3) is 10.2 Å². The molecule has 0 bridgehead atoms. The molecule has 1 aromatic heterocycles. The lowest BCUT2D eigenvalue weighted by Crippen LogP contribution is -1.74. The van der Waals surface area contributed by atoms with Gasteiger partial charge in [-0.2, -0.15) is 0 Å². The first kappa shape index (κ1) is 7.68. The van der Waals surface area contributed by atoms with Gasteiger partial charge in [0.2, 0.25) is 0 Å². The lowest BCUT2D eigenvalue weighted by atomic mass is 10.3. The highest BCUT2D eigenvalue weighted by atomic mass is 32.1. The molecule has 2 rings (SSSR count). The molecule has 0 saturated carbocycles. The van der Waals surface area contributed by atoms with E-state index in [1.54, 1.807) is 17.4 Å². The van der Waals surface area contributed by atoms with Crippen molar-refractivity contribution in [2.24, 2.45) is 0 Å². The first-order valence-electron chi connectivity index (χ1n) is 3.84. The smallest absolute Gasteiger partial charge is 0.124 e. The third-order valence-corrected chi connectivity index (χ3v) is 2.86. The molecule has 0 N–H and O–H groups in total. The predicted octanol–water partition coefficient (Wildman–Crippen LogP) is 3.00. The minimum Gasteiger partial charge on any atom is -0.241 e. The molecule has 0 atom stereocenters. The van der Waals surface area contributed by atoms with Crippen molar-refractivity contribution in [3.8, 4) is 0 Å². The first-order valence-corrected chi connectivity index (χ1v) is 4.66. The van der Waals surface area contributed by atoms with Gasteiger partial charge in [-0.25, -0.2) is 9.37 Å². The number of halogens is 1. The highest BCUT2D eigenvalue weighted by Gasteiger charge is 2.01. The zero-order valence-corrected chi connectivity index (χ0v) is 7.49. The molecule has 0 spiro atoms. The van der Waals surface area contributed by atoms with Crippen LogP contribution in [0.4, 0.5) is 4.39 Å². The molecule has 0 radical (unpaired) electrons. The van der Waals surface area contributed by atoms with Crippen LogP contribution in [-0.2, 0) is 6.42 Å². The van der Waals surface area contributed by atoms with Gasteiger partial charge in [0.1, 0.15) is 5.82 Å². The Bertz CT molecular complexity index is 408. The number of aromatic nitrogens is 1. The summed E-state index contributed by atoms with van der Waals surface area (Å²) >= 11 is 1.56. The number of fused-ring (bicyclic) bond motifs is 1. The third-order valence-electron chi connectivity index (χ3n) is 1.70. The van der Waals surface area contributed by atoms with Crippen LogP contribution in [0.1, 0.15) is 11.9 Å². The molecule has 62 valence electrons. The van der Waals surface area contributed by atoms with Crippen molar-refractivity contribution < 1.29 is 4.39 Å². The lowest BCUT2D eigenvalue weighted by Gasteiger charge is -1.85. The van der Waals surface area contributed by atoms with Gasteiger partial charge in [0.05, 0.1) is 15.2 Å². The molecule has 0 aliphatic rings. The van der Waals surface area contributed by atoms with E-state index in [2.05, 4.69) is 4.98 Å². The van der Waals surface area contributed by atoms with Crippen molar-refractivity contribution in [2.45, 2.75) is 13.3 Å². The molecule has 2 aromatic rings. The van der Waals surface area contributed by atoms with E-state index < -0.39 is 0 Å². The van der Waals surface area contributed by atoms with Gasteiger partial charge < -0.3 is 0 Å². The summed E-state index contributed by atoms with van der Waals surface area (Å²) < 4.78 is 13.7. The van der Waals surface area contributed by atoms with Crippen molar-refractivity contribution in [1.82, 2.24) is 4.98 Å². The molecule has 1 nitrogen and oxygen atoms in total.